The molecule has 0 saturated heterocycles. The molecule has 2 heterocycles. The van der Waals surface area contributed by atoms with Crippen molar-refractivity contribution in [2.24, 2.45) is 12.8 Å². The van der Waals surface area contributed by atoms with Gasteiger partial charge >= 0.3 is 0 Å². The van der Waals surface area contributed by atoms with E-state index in [4.69, 9.17) is 10.2 Å². The van der Waals surface area contributed by atoms with Gasteiger partial charge in [0.15, 0.2) is 5.76 Å². The number of hydrogen-bond donors (Lipinski definition) is 1. The molecule has 0 aliphatic rings. The molecular weight excluding hydrogens is 190 g/mol. The van der Waals surface area contributed by atoms with E-state index >= 15 is 0 Å². The molecule has 2 aromatic rings. The Morgan fingerprint density at radius 3 is 2.87 bits per heavy atom. The average Bonchev–Trinajstić information content (AvgIpc) is 2.72. The molecule has 4 nitrogen and oxygen atoms in total. The van der Waals surface area contributed by atoms with Gasteiger partial charge in [0.25, 0.3) is 0 Å². The number of furan rings is 1. The molecule has 0 spiro atoms. The normalized spacial score (nSPS) is 13.0. The highest BCUT2D eigenvalue weighted by Gasteiger charge is 2.08. The minimum absolute atomic E-state index is 0.118. The molecule has 0 fully saturated rings. The van der Waals surface area contributed by atoms with Crippen molar-refractivity contribution in [2.75, 3.05) is 0 Å². The quantitative estimate of drug-likeness (QED) is 0.827. The first-order chi connectivity index (χ1) is 7.15. The number of nitrogens with two attached hydrogens (primary N) is 1. The molecule has 15 heavy (non-hydrogen) atoms. The lowest BCUT2D eigenvalue weighted by Crippen LogP contribution is -2.17. The first-order valence-corrected chi connectivity index (χ1v) is 4.99. The van der Waals surface area contributed by atoms with Crippen LogP contribution in [0.1, 0.15) is 12.7 Å². The van der Waals surface area contributed by atoms with Crippen LogP contribution in [-0.2, 0) is 13.5 Å². The second-order valence-corrected chi connectivity index (χ2v) is 3.82. The lowest BCUT2D eigenvalue weighted by Gasteiger charge is -1.99. The van der Waals surface area contributed by atoms with E-state index in [0.29, 0.717) is 0 Å². The predicted octanol–water partition coefficient (Wildman–Crippen LogP) is 1.57. The molecule has 1 unspecified atom stereocenters. The molecule has 0 amide bonds. The average molecular weight is 205 g/mol. The van der Waals surface area contributed by atoms with Crippen molar-refractivity contribution in [1.29, 1.82) is 0 Å². The molecular formula is C11H15N3O. The fourth-order valence-electron chi connectivity index (χ4n) is 1.49. The van der Waals surface area contributed by atoms with Gasteiger partial charge in [-0.1, -0.05) is 0 Å². The molecule has 80 valence electrons. The Bertz CT molecular complexity index is 442. The van der Waals surface area contributed by atoms with Gasteiger partial charge in [-0.2, -0.15) is 5.10 Å². The van der Waals surface area contributed by atoms with Crippen molar-refractivity contribution in [1.82, 2.24) is 9.78 Å². The Morgan fingerprint density at radius 1 is 1.47 bits per heavy atom. The van der Waals surface area contributed by atoms with Crippen LogP contribution < -0.4 is 5.73 Å². The minimum atomic E-state index is 0.118. The van der Waals surface area contributed by atoms with Crippen molar-refractivity contribution in [3.63, 3.8) is 0 Å². The molecule has 0 radical (unpaired) electrons. The highest BCUT2D eigenvalue weighted by atomic mass is 16.3. The zero-order chi connectivity index (χ0) is 10.8. The van der Waals surface area contributed by atoms with Crippen LogP contribution in [0.3, 0.4) is 0 Å². The van der Waals surface area contributed by atoms with E-state index in [0.717, 1.165) is 23.6 Å². The monoisotopic (exact) mass is 205 g/mol. The summed E-state index contributed by atoms with van der Waals surface area (Å²) in [6, 6.07) is 5.93. The molecule has 0 aliphatic carbocycles. The fraction of sp³-hybridized carbons (Fsp3) is 0.364. The summed E-state index contributed by atoms with van der Waals surface area (Å²) in [5.41, 5.74) is 6.55. The smallest absolute Gasteiger partial charge is 0.154 e. The van der Waals surface area contributed by atoms with E-state index in [-0.39, 0.29) is 6.04 Å². The summed E-state index contributed by atoms with van der Waals surface area (Å²) in [4.78, 5) is 0. The lowest BCUT2D eigenvalue weighted by molar-refractivity contribution is 0.501. The first-order valence-electron chi connectivity index (χ1n) is 4.99. The highest BCUT2D eigenvalue weighted by molar-refractivity contribution is 5.51. The van der Waals surface area contributed by atoms with E-state index in [1.165, 1.54) is 0 Å². The van der Waals surface area contributed by atoms with E-state index in [1.54, 1.807) is 4.68 Å². The van der Waals surface area contributed by atoms with Crippen LogP contribution in [0.4, 0.5) is 0 Å². The molecule has 2 N–H and O–H groups in total. The number of aromatic nitrogens is 2. The van der Waals surface area contributed by atoms with Crippen LogP contribution in [0.15, 0.2) is 28.8 Å². The Labute approximate surface area is 88.7 Å². The molecule has 1 atom stereocenters. The Hall–Kier alpha value is -1.55. The van der Waals surface area contributed by atoms with Gasteiger partial charge in [0.1, 0.15) is 11.5 Å². The third kappa shape index (κ3) is 2.27. The minimum Gasteiger partial charge on any atom is -0.459 e. The number of nitrogens with zero attached hydrogens (tertiary/aromatic N) is 2. The van der Waals surface area contributed by atoms with Crippen LogP contribution in [0, 0.1) is 0 Å². The summed E-state index contributed by atoms with van der Waals surface area (Å²) in [7, 11) is 1.88. The summed E-state index contributed by atoms with van der Waals surface area (Å²) in [5, 5.41) is 4.27. The van der Waals surface area contributed by atoms with Gasteiger partial charge in [-0.3, -0.25) is 4.68 Å². The largest absolute Gasteiger partial charge is 0.459 e. The van der Waals surface area contributed by atoms with Gasteiger partial charge < -0.3 is 10.2 Å². The first kappa shape index (κ1) is 9.98. The maximum atomic E-state index is 5.70. The van der Waals surface area contributed by atoms with Gasteiger partial charge in [-0.25, -0.2) is 0 Å². The molecule has 2 rings (SSSR count). The number of rotatable bonds is 3. The molecule has 2 aromatic heterocycles. The van der Waals surface area contributed by atoms with Crippen LogP contribution >= 0.6 is 0 Å². The maximum Gasteiger partial charge on any atom is 0.154 e. The van der Waals surface area contributed by atoms with Gasteiger partial charge in [-0.15, -0.1) is 0 Å². The van der Waals surface area contributed by atoms with Crippen molar-refractivity contribution in [2.45, 2.75) is 19.4 Å². The summed E-state index contributed by atoms with van der Waals surface area (Å²) < 4.78 is 7.39. The topological polar surface area (TPSA) is 57.0 Å². The van der Waals surface area contributed by atoms with Crippen LogP contribution in [-0.4, -0.2) is 15.8 Å². The van der Waals surface area contributed by atoms with Crippen molar-refractivity contribution in [3.05, 3.63) is 30.2 Å². The Balaban J connectivity index is 2.20. The molecule has 0 bridgehead atoms. The van der Waals surface area contributed by atoms with Crippen LogP contribution in [0.25, 0.3) is 11.5 Å². The van der Waals surface area contributed by atoms with Crippen molar-refractivity contribution in [3.8, 4) is 11.5 Å². The van der Waals surface area contributed by atoms with E-state index in [9.17, 15) is 0 Å². The van der Waals surface area contributed by atoms with Gasteiger partial charge in [0.05, 0.1) is 0 Å². The summed E-state index contributed by atoms with van der Waals surface area (Å²) in [6.07, 6.45) is 2.65. The molecule has 4 heteroatoms. The van der Waals surface area contributed by atoms with Crippen LogP contribution in [0.2, 0.25) is 0 Å². The molecule has 0 aromatic carbocycles. The van der Waals surface area contributed by atoms with Crippen molar-refractivity contribution >= 4 is 0 Å². The third-order valence-electron chi connectivity index (χ3n) is 2.15. The lowest BCUT2D eigenvalue weighted by atomic mass is 10.2. The Kier molecular flexibility index (Phi) is 2.60. The van der Waals surface area contributed by atoms with E-state index < -0.39 is 0 Å². The number of hydrogen-bond acceptors (Lipinski definition) is 3. The third-order valence-corrected chi connectivity index (χ3v) is 2.15. The van der Waals surface area contributed by atoms with Gasteiger partial charge in [0, 0.05) is 25.7 Å². The van der Waals surface area contributed by atoms with Crippen molar-refractivity contribution < 1.29 is 4.42 Å². The predicted molar refractivity (Wildman–Crippen MR) is 58.3 cm³/mol. The summed E-state index contributed by atoms with van der Waals surface area (Å²) in [5.74, 6) is 1.71. The second kappa shape index (κ2) is 3.90. The van der Waals surface area contributed by atoms with Gasteiger partial charge in [0.2, 0.25) is 0 Å². The van der Waals surface area contributed by atoms with E-state index in [1.807, 2.05) is 38.4 Å². The maximum absolute atomic E-state index is 5.70. The zero-order valence-electron chi connectivity index (χ0n) is 8.97. The highest BCUT2D eigenvalue weighted by Crippen LogP contribution is 2.20. The zero-order valence-corrected chi connectivity index (χ0v) is 8.97. The van der Waals surface area contributed by atoms with Gasteiger partial charge in [-0.05, 0) is 25.1 Å². The summed E-state index contributed by atoms with van der Waals surface area (Å²) in [6.45, 7) is 1.96. The number of aryl methyl sites for hydroxylation is 1. The standard InChI is InChI=1S/C11H15N3O/c1-8(12)7-9-3-4-11(15-9)10-5-6-14(2)13-10/h3-6,8H,7,12H2,1-2H3. The molecule has 0 saturated carbocycles. The Morgan fingerprint density at radius 2 is 2.27 bits per heavy atom. The van der Waals surface area contributed by atoms with E-state index in [2.05, 4.69) is 5.10 Å². The summed E-state index contributed by atoms with van der Waals surface area (Å²) >= 11 is 0. The van der Waals surface area contributed by atoms with Crippen LogP contribution in [0.5, 0.6) is 0 Å². The second-order valence-electron chi connectivity index (χ2n) is 3.82. The fourth-order valence-corrected chi connectivity index (χ4v) is 1.49. The molecule has 0 aliphatic heterocycles. The SMILES string of the molecule is CC(N)Cc1ccc(-c2ccn(C)n2)o1.